The summed E-state index contributed by atoms with van der Waals surface area (Å²) >= 11 is 1.55. The highest BCUT2D eigenvalue weighted by molar-refractivity contribution is 7.13. The Balaban J connectivity index is 0.907. The molecule has 0 bridgehead atoms. The highest BCUT2D eigenvalue weighted by Crippen LogP contribution is 2.36. The maximum absolute atomic E-state index is 14.1. The number of likely N-dealkylation sites (N-methyl/N-ethyl adjacent to an activating group) is 1. The van der Waals surface area contributed by atoms with E-state index in [0.29, 0.717) is 54.4 Å². The molecule has 2 aliphatic rings. The number of benzene rings is 3. The number of carbonyl (C=O) groups excluding carboxylic acids is 5. The highest BCUT2D eigenvalue weighted by atomic mass is 32.1. The highest BCUT2D eigenvalue weighted by Gasteiger charge is 2.44. The van der Waals surface area contributed by atoms with E-state index in [9.17, 15) is 47.0 Å². The summed E-state index contributed by atoms with van der Waals surface area (Å²) in [5.41, 5.74) is 3.37. The molecule has 72 heavy (non-hydrogen) atoms. The average Bonchev–Trinajstić information content (AvgIpc) is 3.96. The number of thiazole rings is 1. The molecule has 7 rings (SSSR count). The summed E-state index contributed by atoms with van der Waals surface area (Å²) < 4.78 is 41.6. The van der Waals surface area contributed by atoms with Crippen LogP contribution in [0.3, 0.4) is 0 Å². The summed E-state index contributed by atoms with van der Waals surface area (Å²) in [4.78, 5) is 92.2. The molecule has 2 fully saturated rings. The molecule has 4 heterocycles. The number of aromatic amines is 1. The van der Waals surface area contributed by atoms with Crippen LogP contribution in [0.1, 0.15) is 84.0 Å². The molecule has 382 valence electrons. The van der Waals surface area contributed by atoms with Crippen LogP contribution >= 0.6 is 11.3 Å². The number of H-pyrrole nitrogens is 1. The van der Waals surface area contributed by atoms with Crippen molar-refractivity contribution >= 4 is 52.2 Å². The van der Waals surface area contributed by atoms with Crippen molar-refractivity contribution in [3.05, 3.63) is 123 Å². The first-order chi connectivity index (χ1) is 34.2. The molecule has 20 heteroatoms. The second-order valence-corrected chi connectivity index (χ2v) is 20.2. The SMILES string of the molecule is Cc1ncsc1-c1ccc(CNC(=O)[C@@H]2C[C@@H](O)CN2C(=O)[C@@H](NC(=O)CCCCNC(=O)c2ccc(-c3ccc(N4CCN(C)CC4)c(NC(=O)c4c[nH]c(=O)cc4C(F)(F)F)c3)cc2)C(C)(C)C)cc1. The van der Waals surface area contributed by atoms with Crippen molar-refractivity contribution in [1.29, 1.82) is 0 Å². The third-order valence-corrected chi connectivity index (χ3v) is 13.8. The molecule has 5 amide bonds. The number of hydrogen-bond donors (Lipinski definition) is 6. The third-order valence-electron chi connectivity index (χ3n) is 12.9. The molecule has 5 aromatic rings. The summed E-state index contributed by atoms with van der Waals surface area (Å²) in [6, 6.07) is 18.2. The Kier molecular flexibility index (Phi) is 16.7. The number of carbonyl (C=O) groups is 5. The van der Waals surface area contributed by atoms with E-state index in [-0.39, 0.29) is 50.0 Å². The molecule has 6 N–H and O–H groups in total. The second kappa shape index (κ2) is 22.7. The fourth-order valence-electron chi connectivity index (χ4n) is 8.76. The molecule has 3 atom stereocenters. The van der Waals surface area contributed by atoms with E-state index in [1.54, 1.807) is 53.2 Å². The number of hydrogen-bond acceptors (Lipinski definition) is 11. The van der Waals surface area contributed by atoms with Crippen LogP contribution < -0.4 is 31.7 Å². The Morgan fingerprint density at radius 1 is 0.875 bits per heavy atom. The zero-order chi connectivity index (χ0) is 51.9. The van der Waals surface area contributed by atoms with Gasteiger partial charge in [-0.05, 0) is 78.7 Å². The van der Waals surface area contributed by atoms with Gasteiger partial charge in [0.05, 0.1) is 44.7 Å². The normalized spacial score (nSPS) is 16.8. The number of piperazine rings is 1. The maximum atomic E-state index is 14.1. The molecular weight excluding hydrogens is 952 g/mol. The standard InChI is InChI=1S/C52H60F3N9O7S/c1-31-45(72-30-59-31)34-11-9-32(10-12-34)27-58-49(70)42-25-37(65)29-64(42)50(71)46(51(2,3)4)61-43(66)8-6-7-19-56-47(68)35-15-13-33(14-16-35)36-17-18-41(63-22-20-62(5)21-23-63)40(24-36)60-48(69)38-28-57-44(67)26-39(38)52(53,54)55/h9-18,24,26,28,30,37,42,46,65H,6-8,19-23,25,27,29H2,1-5H3,(H,56,68)(H,57,67)(H,58,70)(H,60,69)(H,61,66)/t37-,42+,46-/m1/s1. The number of pyridine rings is 1. The molecule has 0 aliphatic carbocycles. The monoisotopic (exact) mass is 1010 g/mol. The molecule has 16 nitrogen and oxygen atoms in total. The van der Waals surface area contributed by atoms with Crippen LogP contribution in [0.15, 0.2) is 89.3 Å². The number of unbranched alkanes of at least 4 members (excludes halogenated alkanes) is 1. The van der Waals surface area contributed by atoms with Gasteiger partial charge in [0.25, 0.3) is 11.8 Å². The van der Waals surface area contributed by atoms with Crippen molar-refractivity contribution in [2.45, 2.75) is 84.3 Å². The molecule has 0 radical (unpaired) electrons. The zero-order valence-electron chi connectivity index (χ0n) is 40.8. The zero-order valence-corrected chi connectivity index (χ0v) is 41.6. The number of alkyl halides is 3. The molecule has 2 aromatic heterocycles. The van der Waals surface area contributed by atoms with Crippen molar-refractivity contribution in [2.24, 2.45) is 5.41 Å². The Hall–Kier alpha value is -6.90. The molecule has 0 saturated carbocycles. The number of β-amino-alcohol motifs (C(OH)–C–C–N with tert-alkyl or cyclic N) is 1. The van der Waals surface area contributed by atoms with Crippen LogP contribution in [0.25, 0.3) is 21.6 Å². The first kappa shape index (κ1) is 52.9. The number of anilines is 2. The van der Waals surface area contributed by atoms with Gasteiger partial charge < -0.3 is 46.1 Å². The summed E-state index contributed by atoms with van der Waals surface area (Å²) in [6.07, 6.45) is -4.10. The van der Waals surface area contributed by atoms with E-state index in [0.717, 1.165) is 41.0 Å². The minimum Gasteiger partial charge on any atom is -0.391 e. The lowest BCUT2D eigenvalue weighted by Gasteiger charge is -2.35. The lowest BCUT2D eigenvalue weighted by atomic mass is 9.85. The summed E-state index contributed by atoms with van der Waals surface area (Å²) in [5, 5.41) is 21.9. The van der Waals surface area contributed by atoms with E-state index < -0.39 is 64.2 Å². The van der Waals surface area contributed by atoms with Gasteiger partial charge in [-0.15, -0.1) is 11.3 Å². The third kappa shape index (κ3) is 13.1. The van der Waals surface area contributed by atoms with Gasteiger partial charge >= 0.3 is 6.18 Å². The molecule has 0 unspecified atom stereocenters. The number of nitrogens with one attached hydrogen (secondary N) is 5. The van der Waals surface area contributed by atoms with Gasteiger partial charge in [-0.2, -0.15) is 13.2 Å². The topological polar surface area (TPSA) is 209 Å². The number of likely N-dealkylation sites (tertiary alicyclic amines) is 1. The second-order valence-electron chi connectivity index (χ2n) is 19.3. The smallest absolute Gasteiger partial charge is 0.391 e. The molecular formula is C52H60F3N9O7S. The lowest BCUT2D eigenvalue weighted by Crippen LogP contribution is -2.57. The van der Waals surface area contributed by atoms with Crippen molar-refractivity contribution in [2.75, 3.05) is 56.5 Å². The number of aliphatic hydroxyl groups is 1. The van der Waals surface area contributed by atoms with Crippen LogP contribution in [0.5, 0.6) is 0 Å². The van der Waals surface area contributed by atoms with Crippen molar-refractivity contribution in [3.8, 4) is 21.6 Å². The maximum Gasteiger partial charge on any atom is 0.417 e. The summed E-state index contributed by atoms with van der Waals surface area (Å²) in [5.74, 6) is -2.63. The Bertz CT molecular complexity index is 2820. The number of rotatable bonds is 16. The molecule has 0 spiro atoms. The van der Waals surface area contributed by atoms with E-state index in [1.807, 2.05) is 70.0 Å². The van der Waals surface area contributed by atoms with Crippen molar-refractivity contribution < 1.29 is 42.3 Å². The Labute approximate surface area is 419 Å². The molecule has 2 aliphatic heterocycles. The first-order valence-electron chi connectivity index (χ1n) is 23.8. The quantitative estimate of drug-likeness (QED) is 0.0617. The van der Waals surface area contributed by atoms with E-state index >= 15 is 0 Å². The predicted molar refractivity (Wildman–Crippen MR) is 269 cm³/mol. The van der Waals surface area contributed by atoms with Crippen LogP contribution in [0, 0.1) is 12.3 Å². The number of halogens is 3. The van der Waals surface area contributed by atoms with E-state index in [2.05, 4.69) is 36.1 Å². The number of aromatic nitrogens is 2. The fraction of sp³-hybridized carbons (Fsp3) is 0.404. The van der Waals surface area contributed by atoms with Crippen molar-refractivity contribution in [1.82, 2.24) is 35.7 Å². The van der Waals surface area contributed by atoms with Gasteiger partial charge in [0.2, 0.25) is 23.3 Å². The van der Waals surface area contributed by atoms with Crippen LogP contribution in [0.2, 0.25) is 0 Å². The van der Waals surface area contributed by atoms with Gasteiger partial charge in [-0.1, -0.05) is 63.2 Å². The van der Waals surface area contributed by atoms with Crippen LogP contribution in [0.4, 0.5) is 24.5 Å². The van der Waals surface area contributed by atoms with Gasteiger partial charge in [0.1, 0.15) is 12.1 Å². The van der Waals surface area contributed by atoms with Gasteiger partial charge in [0, 0.05) is 76.5 Å². The average molecular weight is 1010 g/mol. The summed E-state index contributed by atoms with van der Waals surface area (Å²) in [7, 11) is 1.98. The Morgan fingerprint density at radius 2 is 1.56 bits per heavy atom. The van der Waals surface area contributed by atoms with Crippen molar-refractivity contribution in [3.63, 3.8) is 0 Å². The predicted octanol–water partition coefficient (Wildman–Crippen LogP) is 6.21. The van der Waals surface area contributed by atoms with Gasteiger partial charge in [-0.25, -0.2) is 4.98 Å². The first-order valence-corrected chi connectivity index (χ1v) is 24.7. The fourth-order valence-corrected chi connectivity index (χ4v) is 9.58. The van der Waals surface area contributed by atoms with E-state index in [1.165, 1.54) is 4.90 Å². The minimum absolute atomic E-state index is 0.0478. The van der Waals surface area contributed by atoms with Crippen LogP contribution in [-0.2, 0) is 27.1 Å². The number of amides is 5. The molecule has 2 saturated heterocycles. The Morgan fingerprint density at radius 3 is 2.21 bits per heavy atom. The lowest BCUT2D eigenvalue weighted by molar-refractivity contribution is -0.144. The number of aryl methyl sites for hydroxylation is 1. The largest absolute Gasteiger partial charge is 0.417 e. The molecule has 3 aromatic carbocycles. The number of nitrogens with zero attached hydrogens (tertiary/aromatic N) is 4. The minimum atomic E-state index is -4.94. The van der Waals surface area contributed by atoms with Gasteiger partial charge in [0.15, 0.2) is 0 Å². The van der Waals surface area contributed by atoms with E-state index in [4.69, 9.17) is 0 Å². The summed E-state index contributed by atoms with van der Waals surface area (Å²) in [6.45, 7) is 10.5. The van der Waals surface area contributed by atoms with Crippen LogP contribution in [-0.4, -0.2) is 119 Å². The number of aliphatic hydroxyl groups excluding tert-OH is 1. The van der Waals surface area contributed by atoms with Gasteiger partial charge in [-0.3, -0.25) is 28.8 Å².